The molecule has 1 atom stereocenters. The number of hydrogen-bond donors (Lipinski definition) is 1. The Morgan fingerprint density at radius 3 is 2.27 bits per heavy atom. The van der Waals surface area contributed by atoms with Crippen molar-refractivity contribution in [3.05, 3.63) is 64.6 Å². The normalized spacial score (nSPS) is 12.4. The lowest BCUT2D eigenvalue weighted by atomic mass is 10.2. The summed E-state index contributed by atoms with van der Waals surface area (Å²) in [6, 6.07) is 15.6. The lowest BCUT2D eigenvalue weighted by Crippen LogP contribution is -2.31. The molecule has 0 fully saturated rings. The highest BCUT2D eigenvalue weighted by atomic mass is 16.5. The minimum Gasteiger partial charge on any atom is -0.491 e. The van der Waals surface area contributed by atoms with Gasteiger partial charge in [-0.1, -0.05) is 38.1 Å². The fraction of sp³-hybridized carbons (Fsp3) is 0.381. The van der Waals surface area contributed by atoms with Gasteiger partial charge in [0.25, 0.3) is 0 Å². The fourth-order valence-electron chi connectivity index (χ4n) is 3.17. The van der Waals surface area contributed by atoms with Crippen LogP contribution in [-0.4, -0.2) is 27.0 Å². The van der Waals surface area contributed by atoms with Crippen molar-refractivity contribution in [2.24, 2.45) is 0 Å². The van der Waals surface area contributed by atoms with Gasteiger partial charge in [0.15, 0.2) is 0 Å². The summed E-state index contributed by atoms with van der Waals surface area (Å²) in [5, 5.41) is 10.4. The number of aliphatic hydroxyl groups is 1. The molecule has 5 nitrogen and oxygen atoms in total. The Morgan fingerprint density at radius 1 is 1.00 bits per heavy atom. The zero-order valence-corrected chi connectivity index (χ0v) is 15.4. The van der Waals surface area contributed by atoms with Crippen LogP contribution in [0.25, 0.3) is 11.0 Å². The van der Waals surface area contributed by atoms with Crippen LogP contribution in [0.5, 0.6) is 5.75 Å². The van der Waals surface area contributed by atoms with Gasteiger partial charge >= 0.3 is 5.69 Å². The third-order valence-electron chi connectivity index (χ3n) is 4.54. The number of rotatable bonds is 8. The van der Waals surface area contributed by atoms with E-state index in [-0.39, 0.29) is 18.8 Å². The van der Waals surface area contributed by atoms with Gasteiger partial charge in [0.2, 0.25) is 0 Å². The van der Waals surface area contributed by atoms with Crippen molar-refractivity contribution in [2.75, 3.05) is 6.61 Å². The molecule has 0 radical (unpaired) electrons. The van der Waals surface area contributed by atoms with Crippen molar-refractivity contribution in [1.29, 1.82) is 0 Å². The summed E-state index contributed by atoms with van der Waals surface area (Å²) in [7, 11) is 0. The zero-order chi connectivity index (χ0) is 18.5. The highest BCUT2D eigenvalue weighted by Gasteiger charge is 2.15. The largest absolute Gasteiger partial charge is 0.491 e. The molecule has 138 valence electrons. The van der Waals surface area contributed by atoms with Crippen molar-refractivity contribution >= 4 is 11.0 Å². The smallest absolute Gasteiger partial charge is 0.329 e. The van der Waals surface area contributed by atoms with Crippen molar-refractivity contribution in [1.82, 2.24) is 9.13 Å². The molecule has 0 saturated carbocycles. The van der Waals surface area contributed by atoms with Crippen LogP contribution < -0.4 is 10.4 Å². The van der Waals surface area contributed by atoms with Gasteiger partial charge in [-0.15, -0.1) is 0 Å². The van der Waals surface area contributed by atoms with Crippen LogP contribution in [-0.2, 0) is 19.5 Å². The first-order valence-corrected chi connectivity index (χ1v) is 9.21. The molecule has 1 heterocycles. The molecule has 0 spiro atoms. The average Bonchev–Trinajstić information content (AvgIpc) is 2.93. The van der Waals surface area contributed by atoms with Crippen LogP contribution in [0, 0.1) is 0 Å². The van der Waals surface area contributed by atoms with E-state index in [4.69, 9.17) is 4.74 Å². The molecule has 2 aromatic carbocycles. The Hall–Kier alpha value is -2.53. The highest BCUT2D eigenvalue weighted by Crippen LogP contribution is 2.15. The second kappa shape index (κ2) is 8.23. The second-order valence-electron chi connectivity index (χ2n) is 6.50. The molecule has 26 heavy (non-hydrogen) atoms. The molecule has 3 aromatic rings. The molecule has 0 bridgehead atoms. The van der Waals surface area contributed by atoms with Crippen molar-refractivity contribution in [2.45, 2.75) is 45.9 Å². The molecule has 3 rings (SSSR count). The van der Waals surface area contributed by atoms with Crippen molar-refractivity contribution in [3.8, 4) is 5.75 Å². The summed E-state index contributed by atoms with van der Waals surface area (Å²) in [6.45, 7) is 5.18. The topological polar surface area (TPSA) is 56.4 Å². The first-order chi connectivity index (χ1) is 12.6. The maximum Gasteiger partial charge on any atom is 0.329 e. The molecule has 1 unspecified atom stereocenters. The lowest BCUT2D eigenvalue weighted by Gasteiger charge is -2.13. The summed E-state index contributed by atoms with van der Waals surface area (Å²) in [5.41, 5.74) is 2.91. The van der Waals surface area contributed by atoms with Gasteiger partial charge in [-0.2, -0.15) is 0 Å². The number of nitrogens with zero attached hydrogens (tertiary/aromatic N) is 2. The summed E-state index contributed by atoms with van der Waals surface area (Å²) in [6.07, 6.45) is 1.10. The SMILES string of the molecule is CCCn1c(=O)n(CC(O)COc2ccc(CC)cc2)c2ccccc21. The Bertz CT molecular complexity index is 909. The van der Waals surface area contributed by atoms with Gasteiger partial charge in [-0.05, 0) is 42.7 Å². The molecule has 0 aliphatic carbocycles. The molecule has 0 saturated heterocycles. The Balaban J connectivity index is 1.73. The van der Waals surface area contributed by atoms with E-state index < -0.39 is 6.10 Å². The maximum atomic E-state index is 12.7. The van der Waals surface area contributed by atoms with Gasteiger partial charge in [0.1, 0.15) is 18.5 Å². The van der Waals surface area contributed by atoms with Crippen LogP contribution in [0.3, 0.4) is 0 Å². The molecular formula is C21H26N2O3. The number of imidazole rings is 1. The van der Waals surface area contributed by atoms with E-state index >= 15 is 0 Å². The van der Waals surface area contributed by atoms with E-state index in [0.29, 0.717) is 6.54 Å². The van der Waals surface area contributed by atoms with Crippen molar-refractivity contribution < 1.29 is 9.84 Å². The Labute approximate surface area is 153 Å². The van der Waals surface area contributed by atoms with Crippen LogP contribution in [0.2, 0.25) is 0 Å². The minimum absolute atomic E-state index is 0.0839. The number of benzene rings is 2. The van der Waals surface area contributed by atoms with Gasteiger partial charge < -0.3 is 9.84 Å². The van der Waals surface area contributed by atoms with E-state index in [9.17, 15) is 9.90 Å². The average molecular weight is 354 g/mol. The molecule has 1 aromatic heterocycles. The molecule has 1 N–H and O–H groups in total. The molecule has 0 aliphatic rings. The third-order valence-corrected chi connectivity index (χ3v) is 4.54. The summed E-state index contributed by atoms with van der Waals surface area (Å²) >= 11 is 0. The fourth-order valence-corrected chi connectivity index (χ4v) is 3.17. The van der Waals surface area contributed by atoms with Crippen LogP contribution >= 0.6 is 0 Å². The first kappa shape index (κ1) is 18.3. The second-order valence-corrected chi connectivity index (χ2v) is 6.50. The van der Waals surface area contributed by atoms with E-state index in [1.165, 1.54) is 5.56 Å². The number of aliphatic hydroxyl groups excluding tert-OH is 1. The van der Waals surface area contributed by atoms with E-state index in [0.717, 1.165) is 29.6 Å². The number of para-hydroxylation sites is 2. The predicted octanol–water partition coefficient (Wildman–Crippen LogP) is 3.22. The Kier molecular flexibility index (Phi) is 5.78. The molecular weight excluding hydrogens is 328 g/mol. The molecule has 0 amide bonds. The predicted molar refractivity (Wildman–Crippen MR) is 104 cm³/mol. The summed E-state index contributed by atoms with van der Waals surface area (Å²) < 4.78 is 9.08. The van der Waals surface area contributed by atoms with Crippen LogP contribution in [0.15, 0.2) is 53.3 Å². The molecule has 5 heteroatoms. The van der Waals surface area contributed by atoms with Crippen LogP contribution in [0.1, 0.15) is 25.8 Å². The van der Waals surface area contributed by atoms with Gasteiger partial charge in [0, 0.05) is 6.54 Å². The highest BCUT2D eigenvalue weighted by molar-refractivity contribution is 5.76. The zero-order valence-electron chi connectivity index (χ0n) is 15.4. The maximum absolute atomic E-state index is 12.7. The monoisotopic (exact) mass is 354 g/mol. The van der Waals surface area contributed by atoms with Crippen LogP contribution in [0.4, 0.5) is 0 Å². The Morgan fingerprint density at radius 2 is 1.65 bits per heavy atom. The van der Waals surface area contributed by atoms with E-state index in [2.05, 4.69) is 6.92 Å². The quantitative estimate of drug-likeness (QED) is 0.676. The number of aryl methyl sites for hydroxylation is 2. The van der Waals surface area contributed by atoms with Gasteiger partial charge in [0.05, 0.1) is 17.6 Å². The third kappa shape index (κ3) is 3.83. The summed E-state index contributed by atoms with van der Waals surface area (Å²) in [4.78, 5) is 12.7. The number of ether oxygens (including phenoxy) is 1. The van der Waals surface area contributed by atoms with Gasteiger partial charge in [-0.3, -0.25) is 9.13 Å². The van der Waals surface area contributed by atoms with E-state index in [1.807, 2.05) is 55.5 Å². The minimum atomic E-state index is -0.764. The van der Waals surface area contributed by atoms with Gasteiger partial charge in [-0.25, -0.2) is 4.79 Å². The number of hydrogen-bond acceptors (Lipinski definition) is 3. The standard InChI is InChI=1S/C21H26N2O3/c1-3-13-22-19-7-5-6-8-20(19)23(21(22)25)14-17(24)15-26-18-11-9-16(4-2)10-12-18/h5-12,17,24H,3-4,13-15H2,1-2H3. The lowest BCUT2D eigenvalue weighted by molar-refractivity contribution is 0.0924. The first-order valence-electron chi connectivity index (χ1n) is 9.21. The summed E-state index contributed by atoms with van der Waals surface area (Å²) in [5.74, 6) is 0.724. The van der Waals surface area contributed by atoms with Crippen molar-refractivity contribution in [3.63, 3.8) is 0 Å². The van der Waals surface area contributed by atoms with E-state index in [1.54, 1.807) is 9.13 Å². The molecule has 0 aliphatic heterocycles. The number of fused-ring (bicyclic) bond motifs is 1. The number of aromatic nitrogens is 2.